The van der Waals surface area contributed by atoms with Gasteiger partial charge in [0.2, 0.25) is 0 Å². The summed E-state index contributed by atoms with van der Waals surface area (Å²) in [4.78, 5) is 10.3. The topological polar surface area (TPSA) is 50.3 Å². The molecule has 0 aromatic carbocycles. The molecule has 0 unspecified atom stereocenters. The molecule has 0 bridgehead atoms. The van der Waals surface area contributed by atoms with Crippen molar-refractivity contribution in [2.45, 2.75) is 19.8 Å². The van der Waals surface area contributed by atoms with Crippen LogP contribution in [-0.4, -0.2) is 55.3 Å². The SMILES string of the molecule is CC(C)c1c(Cl)ncnc1NCCOCCN(C)C. The minimum absolute atomic E-state index is 0.283. The normalized spacial score (nSPS) is 11.3. The van der Waals surface area contributed by atoms with E-state index in [-0.39, 0.29) is 5.92 Å². The Labute approximate surface area is 120 Å². The first kappa shape index (κ1) is 16.1. The zero-order valence-electron chi connectivity index (χ0n) is 12.1. The highest BCUT2D eigenvalue weighted by Crippen LogP contribution is 2.27. The highest BCUT2D eigenvalue weighted by molar-refractivity contribution is 6.30. The van der Waals surface area contributed by atoms with Crippen molar-refractivity contribution in [3.05, 3.63) is 17.0 Å². The van der Waals surface area contributed by atoms with Crippen molar-refractivity contribution in [3.8, 4) is 0 Å². The van der Waals surface area contributed by atoms with Crippen LogP contribution in [0.3, 0.4) is 0 Å². The van der Waals surface area contributed by atoms with E-state index in [2.05, 4.69) is 34.0 Å². The van der Waals surface area contributed by atoms with E-state index in [1.54, 1.807) is 0 Å². The zero-order chi connectivity index (χ0) is 14.3. The fourth-order valence-electron chi connectivity index (χ4n) is 1.62. The van der Waals surface area contributed by atoms with Gasteiger partial charge < -0.3 is 15.0 Å². The lowest BCUT2D eigenvalue weighted by Gasteiger charge is -2.14. The van der Waals surface area contributed by atoms with Gasteiger partial charge in [-0.1, -0.05) is 25.4 Å². The number of hydrogen-bond acceptors (Lipinski definition) is 5. The van der Waals surface area contributed by atoms with Crippen molar-refractivity contribution >= 4 is 17.4 Å². The lowest BCUT2D eigenvalue weighted by Crippen LogP contribution is -2.20. The number of likely N-dealkylation sites (N-methyl/N-ethyl adjacent to an activating group) is 1. The smallest absolute Gasteiger partial charge is 0.138 e. The molecule has 1 aromatic heterocycles. The Balaban J connectivity index is 2.39. The van der Waals surface area contributed by atoms with E-state index in [1.165, 1.54) is 6.33 Å². The van der Waals surface area contributed by atoms with Gasteiger partial charge in [-0.15, -0.1) is 0 Å². The summed E-state index contributed by atoms with van der Waals surface area (Å²) in [5, 5.41) is 3.76. The largest absolute Gasteiger partial charge is 0.378 e. The lowest BCUT2D eigenvalue weighted by atomic mass is 10.1. The Bertz CT molecular complexity index is 385. The molecule has 0 saturated carbocycles. The maximum absolute atomic E-state index is 6.09. The third-order valence-electron chi connectivity index (χ3n) is 2.63. The van der Waals surface area contributed by atoms with Gasteiger partial charge in [0, 0.05) is 18.7 Å². The number of aromatic nitrogens is 2. The first-order chi connectivity index (χ1) is 9.02. The van der Waals surface area contributed by atoms with Crippen LogP contribution >= 0.6 is 11.6 Å². The summed E-state index contributed by atoms with van der Waals surface area (Å²) < 4.78 is 5.52. The Morgan fingerprint density at radius 3 is 2.68 bits per heavy atom. The number of ether oxygens (including phenoxy) is 1. The van der Waals surface area contributed by atoms with Crippen LogP contribution in [0.1, 0.15) is 25.3 Å². The van der Waals surface area contributed by atoms with Crippen LogP contribution in [0.5, 0.6) is 0 Å². The lowest BCUT2D eigenvalue weighted by molar-refractivity contribution is 0.126. The summed E-state index contributed by atoms with van der Waals surface area (Å²) in [7, 11) is 4.05. The van der Waals surface area contributed by atoms with Gasteiger partial charge in [-0.2, -0.15) is 0 Å². The van der Waals surface area contributed by atoms with Crippen LogP contribution < -0.4 is 5.32 Å². The van der Waals surface area contributed by atoms with Gasteiger partial charge in [0.25, 0.3) is 0 Å². The van der Waals surface area contributed by atoms with Crippen LogP contribution in [0.2, 0.25) is 5.15 Å². The summed E-state index contributed by atoms with van der Waals surface area (Å²) >= 11 is 6.09. The maximum Gasteiger partial charge on any atom is 0.138 e. The zero-order valence-corrected chi connectivity index (χ0v) is 12.9. The maximum atomic E-state index is 6.09. The van der Waals surface area contributed by atoms with Gasteiger partial charge in [0.15, 0.2) is 0 Å². The molecular formula is C13H23ClN4O. The molecule has 0 radical (unpaired) electrons. The molecule has 19 heavy (non-hydrogen) atoms. The van der Waals surface area contributed by atoms with E-state index >= 15 is 0 Å². The summed E-state index contributed by atoms with van der Waals surface area (Å²) in [6, 6.07) is 0. The Hall–Kier alpha value is -0.910. The molecule has 1 aromatic rings. The fraction of sp³-hybridized carbons (Fsp3) is 0.692. The van der Waals surface area contributed by atoms with E-state index in [0.717, 1.165) is 24.5 Å². The highest BCUT2D eigenvalue weighted by Gasteiger charge is 2.12. The van der Waals surface area contributed by atoms with Gasteiger partial charge in [-0.3, -0.25) is 0 Å². The molecule has 0 saturated heterocycles. The van der Waals surface area contributed by atoms with Crippen molar-refractivity contribution in [3.63, 3.8) is 0 Å². The second kappa shape index (κ2) is 8.30. The van der Waals surface area contributed by atoms with Crippen molar-refractivity contribution in [1.29, 1.82) is 0 Å². The predicted molar refractivity (Wildman–Crippen MR) is 79.0 cm³/mol. The molecule has 1 heterocycles. The third-order valence-corrected chi connectivity index (χ3v) is 2.94. The Kier molecular flexibility index (Phi) is 7.05. The molecule has 0 aliphatic rings. The molecule has 6 heteroatoms. The molecule has 1 rings (SSSR count). The van der Waals surface area contributed by atoms with E-state index in [9.17, 15) is 0 Å². The van der Waals surface area contributed by atoms with Crippen LogP contribution in [0.15, 0.2) is 6.33 Å². The number of nitrogens with one attached hydrogen (secondary N) is 1. The molecule has 5 nitrogen and oxygen atoms in total. The standard InChI is InChI=1S/C13H23ClN4O/c1-10(2)11-12(14)16-9-17-13(11)15-5-7-19-8-6-18(3)4/h9-10H,5-8H2,1-4H3,(H,15,16,17). The van der Waals surface area contributed by atoms with Crippen LogP contribution in [-0.2, 0) is 4.74 Å². The van der Waals surface area contributed by atoms with E-state index < -0.39 is 0 Å². The third kappa shape index (κ3) is 5.72. The number of halogens is 1. The summed E-state index contributed by atoms with van der Waals surface area (Å²) in [6.07, 6.45) is 1.48. The highest BCUT2D eigenvalue weighted by atomic mass is 35.5. The molecule has 1 N–H and O–H groups in total. The van der Waals surface area contributed by atoms with Crippen LogP contribution in [0, 0.1) is 0 Å². The van der Waals surface area contributed by atoms with E-state index in [1.807, 2.05) is 14.1 Å². The second-order valence-electron chi connectivity index (χ2n) is 4.92. The van der Waals surface area contributed by atoms with Gasteiger partial charge in [-0.05, 0) is 20.0 Å². The number of hydrogen-bond donors (Lipinski definition) is 1. The molecule has 0 amide bonds. The Morgan fingerprint density at radius 1 is 1.32 bits per heavy atom. The van der Waals surface area contributed by atoms with Gasteiger partial charge >= 0.3 is 0 Å². The quantitative estimate of drug-likeness (QED) is 0.587. The van der Waals surface area contributed by atoms with E-state index in [4.69, 9.17) is 16.3 Å². The van der Waals surface area contributed by atoms with Crippen LogP contribution in [0.25, 0.3) is 0 Å². The first-order valence-corrected chi connectivity index (χ1v) is 6.87. The van der Waals surface area contributed by atoms with Gasteiger partial charge in [0.05, 0.1) is 13.2 Å². The summed E-state index contributed by atoms with van der Waals surface area (Å²) in [5.41, 5.74) is 0.956. The Morgan fingerprint density at radius 2 is 2.05 bits per heavy atom. The predicted octanol–water partition coefficient (Wildman–Crippen LogP) is 2.24. The van der Waals surface area contributed by atoms with Crippen molar-refractivity contribution in [2.75, 3.05) is 45.7 Å². The van der Waals surface area contributed by atoms with Crippen molar-refractivity contribution in [2.24, 2.45) is 0 Å². The molecule has 108 valence electrons. The summed E-state index contributed by atoms with van der Waals surface area (Å²) in [6.45, 7) is 7.16. The van der Waals surface area contributed by atoms with E-state index in [0.29, 0.717) is 18.3 Å². The first-order valence-electron chi connectivity index (χ1n) is 6.49. The van der Waals surface area contributed by atoms with Gasteiger partial charge in [-0.25, -0.2) is 9.97 Å². The molecule has 0 spiro atoms. The number of rotatable bonds is 8. The minimum Gasteiger partial charge on any atom is -0.378 e. The average Bonchev–Trinajstić information content (AvgIpc) is 2.32. The molecule has 0 aliphatic heterocycles. The molecule has 0 aliphatic carbocycles. The van der Waals surface area contributed by atoms with Crippen LogP contribution in [0.4, 0.5) is 5.82 Å². The minimum atomic E-state index is 0.283. The van der Waals surface area contributed by atoms with Gasteiger partial charge in [0.1, 0.15) is 17.3 Å². The van der Waals surface area contributed by atoms with Crippen molar-refractivity contribution in [1.82, 2.24) is 14.9 Å². The monoisotopic (exact) mass is 286 g/mol. The fourth-order valence-corrected chi connectivity index (χ4v) is 1.97. The molecule has 0 fully saturated rings. The van der Waals surface area contributed by atoms with Crippen molar-refractivity contribution < 1.29 is 4.74 Å². The molecule has 0 atom stereocenters. The summed E-state index contributed by atoms with van der Waals surface area (Å²) in [5.74, 6) is 1.08. The second-order valence-corrected chi connectivity index (χ2v) is 5.28. The number of anilines is 1. The average molecular weight is 287 g/mol. The molecular weight excluding hydrogens is 264 g/mol. The number of nitrogens with zero attached hydrogens (tertiary/aromatic N) is 3.